The zero-order chi connectivity index (χ0) is 20.8. The van der Waals surface area contributed by atoms with Crippen LogP contribution in [0.25, 0.3) is 0 Å². The third-order valence-corrected chi connectivity index (χ3v) is 6.36. The van der Waals surface area contributed by atoms with Gasteiger partial charge >= 0.3 is 0 Å². The molecular formula is C25H34N2O3. The van der Waals surface area contributed by atoms with Crippen molar-refractivity contribution in [3.63, 3.8) is 0 Å². The number of aliphatic hydroxyl groups excluding tert-OH is 2. The zero-order valence-corrected chi connectivity index (χ0v) is 17.7. The van der Waals surface area contributed by atoms with Gasteiger partial charge in [0.15, 0.2) is 0 Å². The van der Waals surface area contributed by atoms with Gasteiger partial charge in [0, 0.05) is 37.8 Å². The van der Waals surface area contributed by atoms with Crippen molar-refractivity contribution in [1.82, 2.24) is 10.2 Å². The number of nitrogens with one attached hydrogen (secondary N) is 1. The van der Waals surface area contributed by atoms with Gasteiger partial charge in [-0.2, -0.15) is 0 Å². The second kappa shape index (κ2) is 10.4. The maximum absolute atomic E-state index is 10.6. The molecule has 0 radical (unpaired) electrons. The minimum atomic E-state index is -0.517. The van der Waals surface area contributed by atoms with E-state index in [2.05, 4.69) is 40.5 Å². The van der Waals surface area contributed by atoms with Crippen LogP contribution < -0.4 is 10.1 Å². The van der Waals surface area contributed by atoms with Crippen molar-refractivity contribution in [3.8, 4) is 5.75 Å². The number of rotatable bonds is 8. The number of para-hydroxylation sites is 1. The molecule has 3 N–H and O–H groups in total. The van der Waals surface area contributed by atoms with Crippen LogP contribution in [0.1, 0.15) is 42.4 Å². The molecule has 5 nitrogen and oxygen atoms in total. The predicted octanol–water partition coefficient (Wildman–Crippen LogP) is 2.88. The summed E-state index contributed by atoms with van der Waals surface area (Å²) in [6.45, 7) is 3.54. The Labute approximate surface area is 179 Å². The zero-order valence-electron chi connectivity index (χ0n) is 17.7. The number of hydrogen-bond donors (Lipinski definition) is 3. The standard InChI is InChI=1S/C25H34N2O3/c28-23-11-9-22(10-12-23)26-15-20-6-3-4-8-25(20)30-18-24(29)17-27-14-13-19-5-1-2-7-21(19)16-27/h1-8,22-24,26,28-29H,9-18H2. The van der Waals surface area contributed by atoms with Gasteiger partial charge in [-0.25, -0.2) is 0 Å². The van der Waals surface area contributed by atoms with Crippen LogP contribution in [0.4, 0.5) is 0 Å². The predicted molar refractivity (Wildman–Crippen MR) is 118 cm³/mol. The largest absolute Gasteiger partial charge is 0.491 e. The summed E-state index contributed by atoms with van der Waals surface area (Å²) in [4.78, 5) is 2.31. The van der Waals surface area contributed by atoms with E-state index in [0.29, 0.717) is 19.2 Å². The highest BCUT2D eigenvalue weighted by molar-refractivity contribution is 5.33. The van der Waals surface area contributed by atoms with Gasteiger partial charge in [0.1, 0.15) is 18.5 Å². The molecular weight excluding hydrogens is 376 g/mol. The highest BCUT2D eigenvalue weighted by Gasteiger charge is 2.20. The van der Waals surface area contributed by atoms with E-state index >= 15 is 0 Å². The van der Waals surface area contributed by atoms with E-state index in [4.69, 9.17) is 4.74 Å². The Kier molecular flexibility index (Phi) is 7.39. The molecule has 1 aliphatic heterocycles. The number of benzene rings is 2. The van der Waals surface area contributed by atoms with Gasteiger partial charge in [0.2, 0.25) is 0 Å². The lowest BCUT2D eigenvalue weighted by atomic mass is 9.93. The fourth-order valence-corrected chi connectivity index (χ4v) is 4.57. The maximum Gasteiger partial charge on any atom is 0.123 e. The molecule has 0 saturated heterocycles. The highest BCUT2D eigenvalue weighted by atomic mass is 16.5. The molecule has 0 bridgehead atoms. The topological polar surface area (TPSA) is 65.0 Å². The van der Waals surface area contributed by atoms with E-state index in [-0.39, 0.29) is 6.10 Å². The van der Waals surface area contributed by atoms with Gasteiger partial charge in [-0.3, -0.25) is 4.90 Å². The van der Waals surface area contributed by atoms with Gasteiger partial charge in [-0.05, 0) is 49.3 Å². The molecule has 1 saturated carbocycles. The van der Waals surface area contributed by atoms with Crippen LogP contribution in [0.2, 0.25) is 0 Å². The minimum Gasteiger partial charge on any atom is -0.491 e. The summed E-state index contributed by atoms with van der Waals surface area (Å²) in [6, 6.07) is 17.1. The summed E-state index contributed by atoms with van der Waals surface area (Å²) >= 11 is 0. The Morgan fingerprint density at radius 3 is 2.57 bits per heavy atom. The average molecular weight is 411 g/mol. The highest BCUT2D eigenvalue weighted by Crippen LogP contribution is 2.22. The molecule has 2 aromatic carbocycles. The summed E-state index contributed by atoms with van der Waals surface area (Å²) in [7, 11) is 0. The fraction of sp³-hybridized carbons (Fsp3) is 0.520. The van der Waals surface area contributed by atoms with Crippen molar-refractivity contribution >= 4 is 0 Å². The molecule has 1 unspecified atom stereocenters. The van der Waals surface area contributed by atoms with Crippen LogP contribution in [-0.4, -0.2) is 53.1 Å². The number of aliphatic hydroxyl groups is 2. The third kappa shape index (κ3) is 5.82. The van der Waals surface area contributed by atoms with Crippen LogP contribution in [0.5, 0.6) is 5.75 Å². The molecule has 1 heterocycles. The molecule has 5 heteroatoms. The monoisotopic (exact) mass is 410 g/mol. The lowest BCUT2D eigenvalue weighted by molar-refractivity contribution is 0.0634. The molecule has 162 valence electrons. The van der Waals surface area contributed by atoms with Crippen molar-refractivity contribution < 1.29 is 14.9 Å². The SMILES string of the molecule is OC1CCC(NCc2ccccc2OCC(O)CN2CCc3ccccc3C2)CC1. The lowest BCUT2D eigenvalue weighted by Crippen LogP contribution is -2.38. The van der Waals surface area contributed by atoms with Crippen molar-refractivity contribution in [2.75, 3.05) is 19.7 Å². The van der Waals surface area contributed by atoms with E-state index < -0.39 is 6.10 Å². The number of hydrogen-bond acceptors (Lipinski definition) is 5. The Hall–Kier alpha value is -1.92. The van der Waals surface area contributed by atoms with Crippen LogP contribution in [0.15, 0.2) is 48.5 Å². The average Bonchev–Trinajstić information content (AvgIpc) is 2.78. The Morgan fingerprint density at radius 2 is 1.73 bits per heavy atom. The summed E-state index contributed by atoms with van der Waals surface area (Å²) in [5.74, 6) is 0.837. The van der Waals surface area contributed by atoms with E-state index in [9.17, 15) is 10.2 Å². The first-order valence-electron chi connectivity index (χ1n) is 11.3. The molecule has 1 fully saturated rings. The van der Waals surface area contributed by atoms with Crippen LogP contribution >= 0.6 is 0 Å². The number of β-amino-alcohol motifs (C(OH)–C–C–N with tert-alkyl or cyclic N) is 1. The van der Waals surface area contributed by atoms with Gasteiger partial charge in [0.25, 0.3) is 0 Å². The second-order valence-corrected chi connectivity index (χ2v) is 8.71. The minimum absolute atomic E-state index is 0.131. The normalized spacial score (nSPS) is 23.0. The van der Waals surface area contributed by atoms with E-state index in [1.165, 1.54) is 11.1 Å². The van der Waals surface area contributed by atoms with Crippen LogP contribution in [-0.2, 0) is 19.5 Å². The van der Waals surface area contributed by atoms with Gasteiger partial charge in [-0.15, -0.1) is 0 Å². The Balaban J connectivity index is 1.24. The molecule has 30 heavy (non-hydrogen) atoms. The number of nitrogens with zero attached hydrogens (tertiary/aromatic N) is 1. The fourth-order valence-electron chi connectivity index (χ4n) is 4.57. The first-order chi connectivity index (χ1) is 14.7. The summed E-state index contributed by atoms with van der Waals surface area (Å²) in [6.07, 6.45) is 4.18. The Bertz CT molecular complexity index is 804. The van der Waals surface area contributed by atoms with Crippen LogP contribution in [0, 0.1) is 0 Å². The van der Waals surface area contributed by atoms with E-state index in [1.54, 1.807) is 0 Å². The smallest absolute Gasteiger partial charge is 0.123 e. The molecule has 0 spiro atoms. The van der Waals surface area contributed by atoms with Crippen molar-refractivity contribution in [2.24, 2.45) is 0 Å². The Morgan fingerprint density at radius 1 is 1.00 bits per heavy atom. The maximum atomic E-state index is 10.6. The first kappa shape index (κ1) is 21.3. The van der Waals surface area contributed by atoms with E-state index in [1.807, 2.05) is 18.2 Å². The molecule has 2 aromatic rings. The van der Waals surface area contributed by atoms with Crippen molar-refractivity contribution in [2.45, 2.75) is 63.4 Å². The first-order valence-corrected chi connectivity index (χ1v) is 11.3. The second-order valence-electron chi connectivity index (χ2n) is 8.71. The molecule has 1 atom stereocenters. The molecule has 2 aliphatic rings. The number of fused-ring (bicyclic) bond motifs is 1. The van der Waals surface area contributed by atoms with Gasteiger partial charge in [0.05, 0.1) is 6.10 Å². The van der Waals surface area contributed by atoms with Crippen LogP contribution in [0.3, 0.4) is 0 Å². The molecule has 0 aromatic heterocycles. The third-order valence-electron chi connectivity index (χ3n) is 6.36. The quantitative estimate of drug-likeness (QED) is 0.625. The van der Waals surface area contributed by atoms with Gasteiger partial charge in [-0.1, -0.05) is 42.5 Å². The molecule has 1 aliphatic carbocycles. The summed E-state index contributed by atoms with van der Waals surface area (Å²) < 4.78 is 6.01. The molecule has 4 rings (SSSR count). The number of ether oxygens (including phenoxy) is 1. The summed E-state index contributed by atoms with van der Waals surface area (Å²) in [5.41, 5.74) is 3.90. The molecule has 0 amide bonds. The van der Waals surface area contributed by atoms with E-state index in [0.717, 1.165) is 63.1 Å². The van der Waals surface area contributed by atoms with Crippen molar-refractivity contribution in [1.29, 1.82) is 0 Å². The van der Waals surface area contributed by atoms with Gasteiger partial charge < -0.3 is 20.3 Å². The van der Waals surface area contributed by atoms with Crippen molar-refractivity contribution in [3.05, 3.63) is 65.2 Å². The lowest BCUT2D eigenvalue weighted by Gasteiger charge is -2.30. The summed E-state index contributed by atoms with van der Waals surface area (Å²) in [5, 5.41) is 23.8.